The maximum Gasteiger partial charge on any atom is 0.0441 e. The predicted molar refractivity (Wildman–Crippen MR) is 40.4 cm³/mol. The van der Waals surface area contributed by atoms with Crippen LogP contribution in [0.15, 0.2) is 0 Å². The van der Waals surface area contributed by atoms with Crippen molar-refractivity contribution < 1.29 is 5.11 Å². The molecule has 48 valence electrons. The SMILES string of the molecule is OCCC1CSCS1. The molecule has 0 aromatic carbocycles. The number of aliphatic hydroxyl groups excluding tert-OH is 1. The van der Waals surface area contributed by atoms with Crippen molar-refractivity contribution >= 4 is 23.5 Å². The van der Waals surface area contributed by atoms with Gasteiger partial charge in [0.05, 0.1) is 0 Å². The van der Waals surface area contributed by atoms with Crippen molar-refractivity contribution in [2.45, 2.75) is 11.7 Å². The van der Waals surface area contributed by atoms with Crippen LogP contribution in [0.3, 0.4) is 0 Å². The van der Waals surface area contributed by atoms with Crippen LogP contribution in [0.1, 0.15) is 6.42 Å². The number of hydrogen-bond acceptors (Lipinski definition) is 3. The fourth-order valence-electron chi connectivity index (χ4n) is 0.683. The molecule has 0 aromatic rings. The minimum Gasteiger partial charge on any atom is -0.396 e. The van der Waals surface area contributed by atoms with Gasteiger partial charge in [-0.25, -0.2) is 0 Å². The quantitative estimate of drug-likeness (QED) is 0.638. The van der Waals surface area contributed by atoms with E-state index in [1.54, 1.807) is 0 Å². The molecule has 1 heterocycles. The molecule has 1 aliphatic rings. The van der Waals surface area contributed by atoms with Crippen molar-refractivity contribution in [3.8, 4) is 0 Å². The second-order valence-electron chi connectivity index (χ2n) is 1.79. The van der Waals surface area contributed by atoms with Crippen LogP contribution in [0.4, 0.5) is 0 Å². The molecule has 0 amide bonds. The Labute approximate surface area is 58.2 Å². The molecular weight excluding hydrogens is 140 g/mol. The molecule has 0 saturated carbocycles. The van der Waals surface area contributed by atoms with Crippen LogP contribution in [0.25, 0.3) is 0 Å². The van der Waals surface area contributed by atoms with Gasteiger partial charge in [-0.1, -0.05) is 0 Å². The molecule has 1 unspecified atom stereocenters. The van der Waals surface area contributed by atoms with Crippen LogP contribution in [0.2, 0.25) is 0 Å². The molecule has 1 rings (SSSR count). The zero-order chi connectivity index (χ0) is 5.82. The van der Waals surface area contributed by atoms with Gasteiger partial charge in [-0.3, -0.25) is 0 Å². The van der Waals surface area contributed by atoms with Gasteiger partial charge >= 0.3 is 0 Å². The first-order chi connectivity index (χ1) is 3.93. The van der Waals surface area contributed by atoms with E-state index in [9.17, 15) is 0 Å². The fourth-order valence-corrected chi connectivity index (χ4v) is 3.60. The number of thioether (sulfide) groups is 2. The van der Waals surface area contributed by atoms with E-state index in [4.69, 9.17) is 5.11 Å². The van der Waals surface area contributed by atoms with Gasteiger partial charge in [0.1, 0.15) is 0 Å². The van der Waals surface area contributed by atoms with Crippen LogP contribution < -0.4 is 0 Å². The molecule has 1 nitrogen and oxygen atoms in total. The van der Waals surface area contributed by atoms with Crippen molar-refractivity contribution in [1.29, 1.82) is 0 Å². The van der Waals surface area contributed by atoms with Gasteiger partial charge in [0.2, 0.25) is 0 Å². The van der Waals surface area contributed by atoms with Gasteiger partial charge in [0.25, 0.3) is 0 Å². The number of hydrogen-bond donors (Lipinski definition) is 1. The van der Waals surface area contributed by atoms with E-state index in [1.165, 1.54) is 10.8 Å². The average Bonchev–Trinajstić information content (AvgIpc) is 2.19. The first kappa shape index (κ1) is 6.78. The topological polar surface area (TPSA) is 20.2 Å². The maximum atomic E-state index is 8.50. The van der Waals surface area contributed by atoms with E-state index < -0.39 is 0 Å². The number of rotatable bonds is 2. The van der Waals surface area contributed by atoms with Crippen molar-refractivity contribution in [3.05, 3.63) is 0 Å². The third-order valence-corrected chi connectivity index (χ3v) is 4.08. The molecule has 1 aliphatic heterocycles. The standard InChI is InChI=1S/C5H10OS2/c6-2-1-5-3-7-4-8-5/h5-6H,1-4H2. The van der Waals surface area contributed by atoms with Crippen LogP contribution >= 0.6 is 23.5 Å². The molecule has 8 heavy (non-hydrogen) atoms. The third-order valence-electron chi connectivity index (χ3n) is 1.14. The van der Waals surface area contributed by atoms with E-state index in [0.717, 1.165) is 11.7 Å². The summed E-state index contributed by atoms with van der Waals surface area (Å²) in [4.78, 5) is 0. The van der Waals surface area contributed by atoms with Crippen LogP contribution in [-0.4, -0.2) is 27.8 Å². The van der Waals surface area contributed by atoms with Gasteiger partial charge in [-0.05, 0) is 6.42 Å². The third kappa shape index (κ3) is 1.88. The molecule has 1 fully saturated rings. The highest BCUT2D eigenvalue weighted by Crippen LogP contribution is 2.30. The summed E-state index contributed by atoms with van der Waals surface area (Å²) < 4.78 is 0. The Hall–Kier alpha value is 0.660. The highest BCUT2D eigenvalue weighted by atomic mass is 32.2. The minimum atomic E-state index is 0.359. The molecule has 1 saturated heterocycles. The second kappa shape index (κ2) is 3.64. The molecule has 1 N–H and O–H groups in total. The summed E-state index contributed by atoms with van der Waals surface area (Å²) in [6.45, 7) is 0.359. The Balaban J connectivity index is 2.06. The van der Waals surface area contributed by atoms with Crippen LogP contribution in [0.5, 0.6) is 0 Å². The number of aliphatic hydroxyl groups is 1. The fraction of sp³-hybridized carbons (Fsp3) is 1.00. The molecular formula is C5H10OS2. The zero-order valence-electron chi connectivity index (χ0n) is 4.67. The van der Waals surface area contributed by atoms with E-state index >= 15 is 0 Å². The van der Waals surface area contributed by atoms with Crippen LogP contribution in [0, 0.1) is 0 Å². The van der Waals surface area contributed by atoms with Crippen molar-refractivity contribution in [1.82, 2.24) is 0 Å². The van der Waals surface area contributed by atoms with Crippen molar-refractivity contribution in [2.75, 3.05) is 17.4 Å². The van der Waals surface area contributed by atoms with Gasteiger partial charge in [0.15, 0.2) is 0 Å². The van der Waals surface area contributed by atoms with Crippen LogP contribution in [-0.2, 0) is 0 Å². The van der Waals surface area contributed by atoms with E-state index in [-0.39, 0.29) is 0 Å². The molecule has 0 radical (unpaired) electrons. The predicted octanol–water partition coefficient (Wildman–Crippen LogP) is 1.17. The normalized spacial score (nSPS) is 28.9. The Kier molecular flexibility index (Phi) is 3.08. The lowest BCUT2D eigenvalue weighted by Crippen LogP contribution is -2.02. The zero-order valence-corrected chi connectivity index (χ0v) is 6.30. The molecule has 0 aliphatic carbocycles. The second-order valence-corrected chi connectivity index (χ2v) is 4.47. The highest BCUT2D eigenvalue weighted by molar-refractivity contribution is 8.19. The summed E-state index contributed by atoms with van der Waals surface area (Å²) in [5.74, 6) is 1.24. The monoisotopic (exact) mass is 150 g/mol. The summed E-state index contributed by atoms with van der Waals surface area (Å²) in [6, 6.07) is 0. The molecule has 0 bridgehead atoms. The first-order valence-corrected chi connectivity index (χ1v) is 4.94. The van der Waals surface area contributed by atoms with Gasteiger partial charge in [-0.15, -0.1) is 23.5 Å². The van der Waals surface area contributed by atoms with Gasteiger partial charge < -0.3 is 5.11 Å². The van der Waals surface area contributed by atoms with Gasteiger partial charge in [0, 0.05) is 22.7 Å². The van der Waals surface area contributed by atoms with E-state index in [1.807, 2.05) is 23.5 Å². The summed E-state index contributed by atoms with van der Waals surface area (Å²) in [6.07, 6.45) is 0.984. The molecule has 1 atom stereocenters. The summed E-state index contributed by atoms with van der Waals surface area (Å²) in [5, 5.41) is 10.5. The lowest BCUT2D eigenvalue weighted by atomic mass is 10.3. The molecule has 0 aromatic heterocycles. The summed E-state index contributed by atoms with van der Waals surface area (Å²) >= 11 is 3.94. The Morgan fingerprint density at radius 3 is 3.00 bits per heavy atom. The minimum absolute atomic E-state index is 0.359. The largest absolute Gasteiger partial charge is 0.396 e. The highest BCUT2D eigenvalue weighted by Gasteiger charge is 2.14. The lowest BCUT2D eigenvalue weighted by molar-refractivity contribution is 0.289. The Morgan fingerprint density at radius 1 is 1.62 bits per heavy atom. The average molecular weight is 150 g/mol. The lowest BCUT2D eigenvalue weighted by Gasteiger charge is -2.01. The van der Waals surface area contributed by atoms with E-state index in [0.29, 0.717) is 6.61 Å². The summed E-state index contributed by atoms with van der Waals surface area (Å²) in [7, 11) is 0. The van der Waals surface area contributed by atoms with E-state index in [2.05, 4.69) is 0 Å². The Morgan fingerprint density at radius 2 is 2.50 bits per heavy atom. The van der Waals surface area contributed by atoms with Crippen molar-refractivity contribution in [3.63, 3.8) is 0 Å². The summed E-state index contributed by atoms with van der Waals surface area (Å²) in [5.41, 5.74) is 0. The molecule has 0 spiro atoms. The molecule has 3 heteroatoms. The first-order valence-electron chi connectivity index (χ1n) is 2.73. The van der Waals surface area contributed by atoms with Crippen molar-refractivity contribution in [2.24, 2.45) is 0 Å². The van der Waals surface area contributed by atoms with Gasteiger partial charge in [-0.2, -0.15) is 0 Å². The smallest absolute Gasteiger partial charge is 0.0441 e. The maximum absolute atomic E-state index is 8.50. The Bertz CT molecular complexity index is 61.4.